The Morgan fingerprint density at radius 3 is 2.59 bits per heavy atom. The lowest BCUT2D eigenvalue weighted by atomic mass is 10.1. The molecule has 32 heavy (non-hydrogen) atoms. The average Bonchev–Trinajstić information content (AvgIpc) is 2.74. The second kappa shape index (κ2) is 9.05. The minimum atomic E-state index is -4.02. The van der Waals surface area contributed by atoms with Crippen molar-refractivity contribution in [1.29, 1.82) is 0 Å². The van der Waals surface area contributed by atoms with Gasteiger partial charge in [-0.25, -0.2) is 8.42 Å². The molecule has 0 saturated heterocycles. The number of carbonyl (C=O) groups excluding carboxylic acids is 2. The van der Waals surface area contributed by atoms with Gasteiger partial charge in [0.15, 0.2) is 6.10 Å². The van der Waals surface area contributed by atoms with Crippen molar-refractivity contribution in [3.8, 4) is 17.2 Å². The van der Waals surface area contributed by atoms with Crippen LogP contribution in [0.15, 0.2) is 35.2 Å². The third kappa shape index (κ3) is 4.63. The third-order valence-corrected chi connectivity index (χ3v) is 6.89. The molecular weight excluding hydrogens is 438 g/mol. The highest BCUT2D eigenvalue weighted by molar-refractivity contribution is 7.89. The van der Waals surface area contributed by atoms with Crippen LogP contribution in [0.1, 0.15) is 12.5 Å². The van der Waals surface area contributed by atoms with E-state index in [9.17, 15) is 18.0 Å². The molecule has 0 saturated carbocycles. The Morgan fingerprint density at radius 1 is 1.22 bits per heavy atom. The Balaban J connectivity index is 1.79. The van der Waals surface area contributed by atoms with Gasteiger partial charge in [-0.2, -0.15) is 4.31 Å². The molecule has 10 nitrogen and oxygen atoms in total. The maximum Gasteiger partial charge on any atom is 0.265 e. The van der Waals surface area contributed by atoms with Crippen molar-refractivity contribution in [1.82, 2.24) is 4.31 Å². The molecular formula is C21H25N3O7S. The number of rotatable bonds is 7. The zero-order valence-electron chi connectivity index (χ0n) is 18.4. The minimum absolute atomic E-state index is 0.0167. The highest BCUT2D eigenvalue weighted by Crippen LogP contribution is 2.35. The quantitative estimate of drug-likeness (QED) is 0.644. The zero-order valence-corrected chi connectivity index (χ0v) is 19.2. The summed E-state index contributed by atoms with van der Waals surface area (Å²) in [5, 5.41) is 5.32. The maximum atomic E-state index is 13.1. The number of fused-ring (bicyclic) bond motifs is 1. The molecule has 1 aliphatic rings. The molecule has 0 aliphatic carbocycles. The van der Waals surface area contributed by atoms with Gasteiger partial charge in [-0.3, -0.25) is 9.59 Å². The van der Waals surface area contributed by atoms with Crippen LogP contribution in [0.25, 0.3) is 0 Å². The average molecular weight is 464 g/mol. The first-order valence-corrected chi connectivity index (χ1v) is 11.1. The zero-order chi connectivity index (χ0) is 23.6. The van der Waals surface area contributed by atoms with Crippen LogP contribution in [0, 0.1) is 6.92 Å². The minimum Gasteiger partial charge on any atom is -0.497 e. The Labute approximate surface area is 186 Å². The molecule has 0 radical (unpaired) electrons. The molecule has 2 aromatic rings. The highest BCUT2D eigenvalue weighted by atomic mass is 32.2. The van der Waals surface area contributed by atoms with Crippen LogP contribution in [-0.2, 0) is 19.6 Å². The molecule has 0 fully saturated rings. The van der Waals surface area contributed by atoms with E-state index in [-0.39, 0.29) is 16.6 Å². The summed E-state index contributed by atoms with van der Waals surface area (Å²) >= 11 is 0. The first-order valence-electron chi connectivity index (χ1n) is 9.67. The molecule has 0 aromatic heterocycles. The van der Waals surface area contributed by atoms with Crippen molar-refractivity contribution < 1.29 is 32.2 Å². The third-order valence-electron chi connectivity index (χ3n) is 4.95. The van der Waals surface area contributed by atoms with Crippen molar-refractivity contribution in [3.63, 3.8) is 0 Å². The van der Waals surface area contributed by atoms with Crippen LogP contribution in [0.3, 0.4) is 0 Å². The van der Waals surface area contributed by atoms with Gasteiger partial charge in [-0.1, -0.05) is 0 Å². The Hall–Kier alpha value is -3.31. The fourth-order valence-corrected chi connectivity index (χ4v) is 4.51. The second-order valence-electron chi connectivity index (χ2n) is 7.24. The van der Waals surface area contributed by atoms with Gasteiger partial charge in [0.05, 0.1) is 37.0 Å². The van der Waals surface area contributed by atoms with Crippen LogP contribution in [0.2, 0.25) is 0 Å². The molecule has 11 heteroatoms. The van der Waals surface area contributed by atoms with E-state index >= 15 is 0 Å². The number of ether oxygens (including phenoxy) is 3. The lowest BCUT2D eigenvalue weighted by Crippen LogP contribution is -2.36. The summed E-state index contributed by atoms with van der Waals surface area (Å²) in [6.07, 6.45) is -0.747. The number of methoxy groups -OCH3 is 2. The van der Waals surface area contributed by atoms with E-state index < -0.39 is 28.6 Å². The number of likely N-dealkylation sites (N-methyl/N-ethyl adjacent to an activating group) is 1. The van der Waals surface area contributed by atoms with Gasteiger partial charge in [-0.05, 0) is 37.6 Å². The van der Waals surface area contributed by atoms with Crippen molar-refractivity contribution in [2.24, 2.45) is 0 Å². The van der Waals surface area contributed by atoms with Gasteiger partial charge >= 0.3 is 0 Å². The van der Waals surface area contributed by atoms with E-state index in [1.165, 1.54) is 33.4 Å². The number of sulfonamides is 1. The monoisotopic (exact) mass is 463 g/mol. The van der Waals surface area contributed by atoms with Crippen molar-refractivity contribution in [2.75, 3.05) is 38.4 Å². The smallest absolute Gasteiger partial charge is 0.265 e. The second-order valence-corrected chi connectivity index (χ2v) is 9.25. The lowest BCUT2D eigenvalue weighted by Gasteiger charge is -2.25. The normalized spacial score (nSPS) is 15.4. The summed E-state index contributed by atoms with van der Waals surface area (Å²) in [6.45, 7) is 2.74. The summed E-state index contributed by atoms with van der Waals surface area (Å²) in [5.41, 5.74) is 1.19. The highest BCUT2D eigenvalue weighted by Gasteiger charge is 2.30. The number of nitrogens with one attached hydrogen (secondary N) is 2. The molecule has 2 aromatic carbocycles. The number of amides is 2. The van der Waals surface area contributed by atoms with Crippen LogP contribution in [0.4, 0.5) is 11.4 Å². The van der Waals surface area contributed by atoms with Gasteiger partial charge in [-0.15, -0.1) is 0 Å². The van der Waals surface area contributed by atoms with Gasteiger partial charge in [0.1, 0.15) is 17.2 Å². The fourth-order valence-electron chi connectivity index (χ4n) is 3.17. The molecule has 3 rings (SSSR count). The van der Waals surface area contributed by atoms with E-state index in [0.29, 0.717) is 28.4 Å². The number of benzene rings is 2. The molecule has 0 bridgehead atoms. The lowest BCUT2D eigenvalue weighted by molar-refractivity contribution is -0.122. The number of nitrogens with zero attached hydrogens (tertiary/aromatic N) is 1. The first kappa shape index (κ1) is 23.4. The molecule has 1 aliphatic heterocycles. The van der Waals surface area contributed by atoms with Crippen molar-refractivity contribution in [3.05, 3.63) is 35.9 Å². The number of hydrogen-bond donors (Lipinski definition) is 2. The largest absolute Gasteiger partial charge is 0.497 e. The van der Waals surface area contributed by atoms with Crippen LogP contribution in [0.5, 0.6) is 17.2 Å². The van der Waals surface area contributed by atoms with E-state index in [1.54, 1.807) is 32.0 Å². The van der Waals surface area contributed by atoms with Crippen molar-refractivity contribution in [2.45, 2.75) is 24.8 Å². The van der Waals surface area contributed by atoms with E-state index in [0.717, 1.165) is 4.31 Å². The van der Waals surface area contributed by atoms with E-state index in [2.05, 4.69) is 10.6 Å². The summed E-state index contributed by atoms with van der Waals surface area (Å²) in [5.74, 6) is 0.321. The van der Waals surface area contributed by atoms with Crippen molar-refractivity contribution >= 4 is 33.2 Å². The van der Waals surface area contributed by atoms with Gasteiger partial charge < -0.3 is 24.8 Å². The van der Waals surface area contributed by atoms with Crippen LogP contribution >= 0.6 is 0 Å². The number of hydrogen-bond acceptors (Lipinski definition) is 7. The maximum absolute atomic E-state index is 13.1. The van der Waals surface area contributed by atoms with Gasteiger partial charge in [0.2, 0.25) is 15.9 Å². The Kier molecular flexibility index (Phi) is 6.60. The molecule has 172 valence electrons. The topological polar surface area (TPSA) is 123 Å². The summed E-state index contributed by atoms with van der Waals surface area (Å²) in [4.78, 5) is 24.3. The van der Waals surface area contributed by atoms with Gasteiger partial charge in [0.25, 0.3) is 5.91 Å². The van der Waals surface area contributed by atoms with E-state index in [1.807, 2.05) is 0 Å². The number of anilines is 2. The molecule has 1 heterocycles. The van der Waals surface area contributed by atoms with E-state index in [4.69, 9.17) is 14.2 Å². The Bertz CT molecular complexity index is 1160. The summed E-state index contributed by atoms with van der Waals surface area (Å²) in [7, 11) is 0.249. The molecule has 2 N–H and O–H groups in total. The predicted molar refractivity (Wildman–Crippen MR) is 118 cm³/mol. The first-order chi connectivity index (χ1) is 15.1. The SMILES string of the molecule is COc1ccc(NC(=O)CN(C)S(=O)(=O)c2cc3c(cc2C)NC(=O)C(C)O3)c(OC)c1. The molecule has 2 amide bonds. The summed E-state index contributed by atoms with van der Waals surface area (Å²) in [6, 6.07) is 7.74. The number of aryl methyl sites for hydroxylation is 1. The molecule has 1 unspecified atom stereocenters. The number of carbonyl (C=O) groups is 2. The van der Waals surface area contributed by atoms with Crippen LogP contribution < -0.4 is 24.8 Å². The van der Waals surface area contributed by atoms with Crippen LogP contribution in [-0.4, -0.2) is 58.5 Å². The Morgan fingerprint density at radius 2 is 1.94 bits per heavy atom. The molecule has 1 atom stereocenters. The predicted octanol–water partition coefficient (Wildman–Crippen LogP) is 1.99. The standard InChI is InChI=1S/C21H25N3O7S/c1-12-8-16-18(31-13(2)21(26)23-16)10-19(12)32(27,28)24(3)11-20(25)22-15-7-6-14(29-4)9-17(15)30-5/h6-10,13H,11H2,1-5H3,(H,22,25)(H,23,26). The van der Waals surface area contributed by atoms with Gasteiger partial charge in [0, 0.05) is 19.2 Å². The fraction of sp³-hybridized carbons (Fsp3) is 0.333. The summed E-state index contributed by atoms with van der Waals surface area (Å²) < 4.78 is 43.1. The molecule has 0 spiro atoms.